The van der Waals surface area contributed by atoms with E-state index in [1.165, 1.54) is 6.21 Å². The third-order valence-corrected chi connectivity index (χ3v) is 5.60. The summed E-state index contributed by atoms with van der Waals surface area (Å²) in [5.41, 5.74) is 3.55. The zero-order chi connectivity index (χ0) is 22.2. The van der Waals surface area contributed by atoms with Crippen LogP contribution in [0.1, 0.15) is 15.9 Å². The highest BCUT2D eigenvalue weighted by Crippen LogP contribution is 2.31. The highest BCUT2D eigenvalue weighted by molar-refractivity contribution is 14.1. The van der Waals surface area contributed by atoms with Crippen molar-refractivity contribution in [2.45, 2.75) is 0 Å². The second-order valence-corrected chi connectivity index (χ2v) is 8.02. The van der Waals surface area contributed by atoms with Gasteiger partial charge in [0.2, 0.25) is 0 Å². The predicted octanol–water partition coefficient (Wildman–Crippen LogP) is 5.35. The number of esters is 1. The molecule has 0 aliphatic carbocycles. The molecule has 3 aromatic rings. The molecule has 0 spiro atoms. The Hall–Kier alpha value is -2.62. The van der Waals surface area contributed by atoms with Gasteiger partial charge in [0, 0.05) is 3.57 Å². The maximum Gasteiger partial charge on any atom is 0.344 e. The lowest BCUT2D eigenvalue weighted by Gasteiger charge is -2.07. The molecular formula is C22H15Cl2IN2O4. The van der Waals surface area contributed by atoms with Gasteiger partial charge in [-0.2, -0.15) is 5.10 Å². The van der Waals surface area contributed by atoms with E-state index in [-0.39, 0.29) is 11.6 Å². The average Bonchev–Trinajstić information content (AvgIpc) is 2.76. The van der Waals surface area contributed by atoms with Crippen LogP contribution in [0, 0.1) is 3.57 Å². The standard InChI is InChI=1S/C22H15Cl2IN2O4/c23-17-5-3-7-19(21(17)24)30-13-20(28)27-26-12-14-8-10-15(11-9-14)31-22(29)16-4-1-2-6-18(16)25/h1-12H,13H2,(H,27,28)/b26-12-. The van der Waals surface area contributed by atoms with Gasteiger partial charge in [-0.15, -0.1) is 0 Å². The fourth-order valence-corrected chi connectivity index (χ4v) is 3.31. The van der Waals surface area contributed by atoms with Crippen molar-refractivity contribution in [3.63, 3.8) is 0 Å². The normalized spacial score (nSPS) is 10.7. The summed E-state index contributed by atoms with van der Waals surface area (Å²) in [4.78, 5) is 24.1. The van der Waals surface area contributed by atoms with Gasteiger partial charge in [0.05, 0.1) is 16.8 Å². The average molecular weight is 569 g/mol. The van der Waals surface area contributed by atoms with Gasteiger partial charge < -0.3 is 9.47 Å². The minimum atomic E-state index is -0.463. The molecule has 0 unspecified atom stereocenters. The molecule has 0 aliphatic rings. The van der Waals surface area contributed by atoms with Crippen molar-refractivity contribution >= 4 is 63.9 Å². The Morgan fingerprint density at radius 2 is 1.74 bits per heavy atom. The van der Waals surface area contributed by atoms with E-state index < -0.39 is 11.9 Å². The van der Waals surface area contributed by atoms with Crippen molar-refractivity contribution in [2.24, 2.45) is 5.10 Å². The number of carbonyl (C=O) groups is 2. The second kappa shape index (κ2) is 11.1. The molecule has 1 amide bonds. The zero-order valence-electron chi connectivity index (χ0n) is 15.8. The minimum absolute atomic E-state index is 0.239. The lowest BCUT2D eigenvalue weighted by Crippen LogP contribution is -2.24. The maximum atomic E-state index is 12.2. The molecular weight excluding hydrogens is 554 g/mol. The van der Waals surface area contributed by atoms with E-state index in [1.54, 1.807) is 54.6 Å². The third-order valence-electron chi connectivity index (χ3n) is 3.86. The summed E-state index contributed by atoms with van der Waals surface area (Å²) < 4.78 is 11.5. The number of hydrazone groups is 1. The van der Waals surface area contributed by atoms with Crippen LogP contribution in [0.15, 0.2) is 71.8 Å². The van der Waals surface area contributed by atoms with Crippen LogP contribution in [0.4, 0.5) is 0 Å². The lowest BCUT2D eigenvalue weighted by atomic mass is 10.2. The van der Waals surface area contributed by atoms with Crippen LogP contribution in [-0.4, -0.2) is 24.7 Å². The molecule has 1 N–H and O–H groups in total. The van der Waals surface area contributed by atoms with Crippen molar-refractivity contribution in [2.75, 3.05) is 6.61 Å². The van der Waals surface area contributed by atoms with E-state index in [9.17, 15) is 9.59 Å². The quantitative estimate of drug-likeness (QED) is 0.137. The van der Waals surface area contributed by atoms with Crippen LogP contribution in [0.2, 0.25) is 10.0 Å². The summed E-state index contributed by atoms with van der Waals surface area (Å²) in [5, 5.41) is 4.45. The molecule has 0 aromatic heterocycles. The first-order chi connectivity index (χ1) is 14.9. The monoisotopic (exact) mass is 568 g/mol. The molecule has 158 valence electrons. The summed E-state index contributed by atoms with van der Waals surface area (Å²) in [6.45, 7) is -0.273. The van der Waals surface area contributed by atoms with Crippen LogP contribution in [0.5, 0.6) is 11.5 Å². The molecule has 0 saturated carbocycles. The molecule has 3 aromatic carbocycles. The van der Waals surface area contributed by atoms with E-state index in [1.807, 2.05) is 12.1 Å². The molecule has 0 atom stereocenters. The second-order valence-electron chi connectivity index (χ2n) is 6.07. The number of nitrogens with one attached hydrogen (secondary N) is 1. The fourth-order valence-electron chi connectivity index (χ4n) is 2.36. The number of hydrogen-bond donors (Lipinski definition) is 1. The van der Waals surface area contributed by atoms with Gasteiger partial charge in [-0.1, -0.05) is 41.4 Å². The van der Waals surface area contributed by atoms with E-state index >= 15 is 0 Å². The number of hydrogen-bond acceptors (Lipinski definition) is 5. The highest BCUT2D eigenvalue weighted by atomic mass is 127. The third kappa shape index (κ3) is 6.68. The first kappa shape index (κ1) is 23.1. The van der Waals surface area contributed by atoms with Crippen LogP contribution >= 0.6 is 45.8 Å². The Morgan fingerprint density at radius 3 is 2.48 bits per heavy atom. The molecule has 0 saturated heterocycles. The summed E-state index contributed by atoms with van der Waals surface area (Å²) in [6.07, 6.45) is 1.45. The predicted molar refractivity (Wildman–Crippen MR) is 128 cm³/mol. The molecule has 0 aliphatic heterocycles. The number of rotatable bonds is 7. The number of benzene rings is 3. The Morgan fingerprint density at radius 1 is 1.00 bits per heavy atom. The topological polar surface area (TPSA) is 77.0 Å². The summed E-state index contributed by atoms with van der Waals surface area (Å²) in [6, 6.07) is 18.8. The molecule has 6 nitrogen and oxygen atoms in total. The molecule has 0 radical (unpaired) electrons. The Balaban J connectivity index is 1.49. The number of amides is 1. The smallest absolute Gasteiger partial charge is 0.344 e. The van der Waals surface area contributed by atoms with Crippen LogP contribution < -0.4 is 14.9 Å². The summed E-state index contributed by atoms with van der Waals surface area (Å²) in [5.74, 6) is -0.185. The Bertz CT molecular complexity index is 1120. The van der Waals surface area contributed by atoms with Gasteiger partial charge in [-0.3, -0.25) is 4.79 Å². The molecule has 0 fully saturated rings. The maximum absolute atomic E-state index is 12.2. The fraction of sp³-hybridized carbons (Fsp3) is 0.0455. The van der Waals surface area contributed by atoms with Gasteiger partial charge in [-0.25, -0.2) is 10.2 Å². The number of carbonyl (C=O) groups excluding carboxylic acids is 2. The van der Waals surface area contributed by atoms with E-state index in [4.69, 9.17) is 32.7 Å². The first-order valence-electron chi connectivity index (χ1n) is 8.89. The van der Waals surface area contributed by atoms with Crippen LogP contribution in [-0.2, 0) is 4.79 Å². The van der Waals surface area contributed by atoms with Gasteiger partial charge >= 0.3 is 5.97 Å². The largest absolute Gasteiger partial charge is 0.482 e. The Kier molecular flexibility index (Phi) is 8.27. The van der Waals surface area contributed by atoms with Gasteiger partial charge in [-0.05, 0) is 76.7 Å². The number of nitrogens with zero attached hydrogens (tertiary/aromatic N) is 1. The number of ether oxygens (including phenoxy) is 2. The number of halogens is 3. The Labute approximate surface area is 202 Å². The molecule has 0 bridgehead atoms. The summed E-state index contributed by atoms with van der Waals surface area (Å²) in [7, 11) is 0. The summed E-state index contributed by atoms with van der Waals surface area (Å²) >= 11 is 14.0. The highest BCUT2D eigenvalue weighted by Gasteiger charge is 2.11. The van der Waals surface area contributed by atoms with Crippen molar-refractivity contribution < 1.29 is 19.1 Å². The van der Waals surface area contributed by atoms with Crippen molar-refractivity contribution in [3.8, 4) is 11.5 Å². The van der Waals surface area contributed by atoms with Crippen molar-refractivity contribution in [1.29, 1.82) is 0 Å². The molecule has 9 heteroatoms. The van der Waals surface area contributed by atoms with Gasteiger partial charge in [0.1, 0.15) is 16.5 Å². The van der Waals surface area contributed by atoms with Crippen molar-refractivity contribution in [1.82, 2.24) is 5.43 Å². The lowest BCUT2D eigenvalue weighted by molar-refractivity contribution is -0.123. The van der Waals surface area contributed by atoms with Gasteiger partial charge in [0.25, 0.3) is 5.91 Å². The SMILES string of the molecule is O=C(COc1cccc(Cl)c1Cl)N/N=C\c1ccc(OC(=O)c2ccccc2I)cc1. The molecule has 3 rings (SSSR count). The molecule has 31 heavy (non-hydrogen) atoms. The van der Waals surface area contributed by atoms with E-state index in [2.05, 4.69) is 33.1 Å². The van der Waals surface area contributed by atoms with Crippen LogP contribution in [0.25, 0.3) is 0 Å². The van der Waals surface area contributed by atoms with E-state index in [0.717, 1.165) is 3.57 Å². The zero-order valence-corrected chi connectivity index (χ0v) is 19.5. The van der Waals surface area contributed by atoms with Crippen LogP contribution in [0.3, 0.4) is 0 Å². The molecule has 0 heterocycles. The van der Waals surface area contributed by atoms with Crippen molar-refractivity contribution in [3.05, 3.63) is 91.5 Å². The first-order valence-corrected chi connectivity index (χ1v) is 10.7. The van der Waals surface area contributed by atoms with Gasteiger partial charge in [0.15, 0.2) is 6.61 Å². The minimum Gasteiger partial charge on any atom is -0.482 e. The van der Waals surface area contributed by atoms with E-state index in [0.29, 0.717) is 27.6 Å².